The summed E-state index contributed by atoms with van der Waals surface area (Å²) in [6.07, 6.45) is 0.800. The molecular weight excluding hydrogens is 326 g/mol. The summed E-state index contributed by atoms with van der Waals surface area (Å²) < 4.78 is 24.3. The molecule has 24 heavy (non-hydrogen) atoms. The number of nitrogen functional groups attached to an aromatic ring is 1. The quantitative estimate of drug-likeness (QED) is 0.780. The molecule has 134 valence electrons. The van der Waals surface area contributed by atoms with E-state index in [1.165, 1.54) is 0 Å². The third kappa shape index (κ3) is 2.99. The van der Waals surface area contributed by atoms with Gasteiger partial charge in [-0.15, -0.1) is 10.8 Å². The molecule has 8 heteroatoms. The van der Waals surface area contributed by atoms with Crippen molar-refractivity contribution in [3.05, 3.63) is 17.1 Å². The minimum absolute atomic E-state index is 0.418. The van der Waals surface area contributed by atoms with Crippen molar-refractivity contribution in [2.45, 2.75) is 47.2 Å². The molecule has 7 nitrogen and oxygen atoms in total. The molecule has 0 bridgehead atoms. The lowest BCUT2D eigenvalue weighted by molar-refractivity contribution is 0.360. The van der Waals surface area contributed by atoms with Crippen LogP contribution in [0.1, 0.15) is 37.4 Å². The first-order valence-electron chi connectivity index (χ1n) is 8.33. The predicted molar refractivity (Wildman–Crippen MR) is 99.0 cm³/mol. The van der Waals surface area contributed by atoms with E-state index in [4.69, 9.17) is 10.7 Å². The summed E-state index contributed by atoms with van der Waals surface area (Å²) in [5.41, 5.74) is 9.81. The minimum atomic E-state index is -2.66. The van der Waals surface area contributed by atoms with E-state index in [0.717, 1.165) is 35.6 Å². The average molecular weight is 353 g/mol. The molecule has 0 radical (unpaired) electrons. The first-order valence-corrected chi connectivity index (χ1v) is 10.0. The van der Waals surface area contributed by atoms with E-state index in [1.54, 1.807) is 4.31 Å². The normalized spacial score (nSPS) is 19.5. The van der Waals surface area contributed by atoms with Gasteiger partial charge in [0.05, 0.1) is 17.8 Å². The summed E-state index contributed by atoms with van der Waals surface area (Å²) in [5, 5.41) is 0. The number of hydrogen-bond donors (Lipinski definition) is 3. The van der Waals surface area contributed by atoms with Gasteiger partial charge in [-0.3, -0.25) is 9.11 Å². The van der Waals surface area contributed by atoms with E-state index in [9.17, 15) is 9.11 Å². The van der Waals surface area contributed by atoms with Crippen LogP contribution in [0.5, 0.6) is 0 Å². The highest BCUT2D eigenvalue weighted by Crippen LogP contribution is 2.49. The van der Waals surface area contributed by atoms with Crippen molar-refractivity contribution >= 4 is 27.6 Å². The second-order valence-electron chi connectivity index (χ2n) is 6.99. The average Bonchev–Trinajstić information content (AvgIpc) is 2.98. The van der Waals surface area contributed by atoms with Gasteiger partial charge in [0.2, 0.25) is 0 Å². The molecule has 1 aliphatic rings. The van der Waals surface area contributed by atoms with Crippen molar-refractivity contribution in [1.29, 1.82) is 0 Å². The SMILES string of the molecule is Cc1nc(N)c2nc(CN3CCCS3(O)O)n(CC(C)C)c2c1C. The lowest BCUT2D eigenvalue weighted by atomic mass is 10.1. The van der Waals surface area contributed by atoms with E-state index >= 15 is 0 Å². The van der Waals surface area contributed by atoms with Crippen molar-refractivity contribution in [1.82, 2.24) is 18.8 Å². The highest BCUT2D eigenvalue weighted by molar-refractivity contribution is 8.22. The highest BCUT2D eigenvalue weighted by Gasteiger charge is 2.30. The van der Waals surface area contributed by atoms with Gasteiger partial charge in [0.25, 0.3) is 0 Å². The fraction of sp³-hybridized carbons (Fsp3) is 0.625. The van der Waals surface area contributed by atoms with Crippen LogP contribution in [0.15, 0.2) is 0 Å². The van der Waals surface area contributed by atoms with Gasteiger partial charge in [-0.2, -0.15) is 4.31 Å². The zero-order chi connectivity index (χ0) is 17.6. The molecule has 0 unspecified atom stereocenters. The van der Waals surface area contributed by atoms with E-state index < -0.39 is 10.8 Å². The van der Waals surface area contributed by atoms with Gasteiger partial charge < -0.3 is 10.3 Å². The summed E-state index contributed by atoms with van der Waals surface area (Å²) in [5.74, 6) is 2.14. The first kappa shape index (κ1) is 17.5. The number of imidazole rings is 1. The van der Waals surface area contributed by atoms with Crippen molar-refractivity contribution in [3.63, 3.8) is 0 Å². The third-order valence-corrected chi connectivity index (χ3v) is 6.56. The molecular formula is C16H27N5O2S. The summed E-state index contributed by atoms with van der Waals surface area (Å²) in [7, 11) is -2.66. The molecule has 1 saturated heterocycles. The molecule has 2 aromatic rings. The maximum absolute atomic E-state index is 10.2. The van der Waals surface area contributed by atoms with Gasteiger partial charge in [-0.05, 0) is 31.7 Å². The Kier molecular flexibility index (Phi) is 4.50. The van der Waals surface area contributed by atoms with Gasteiger partial charge in [-0.25, -0.2) is 9.97 Å². The van der Waals surface area contributed by atoms with Crippen molar-refractivity contribution < 1.29 is 9.11 Å². The van der Waals surface area contributed by atoms with Gasteiger partial charge >= 0.3 is 0 Å². The van der Waals surface area contributed by atoms with Crippen molar-refractivity contribution in [2.24, 2.45) is 5.92 Å². The summed E-state index contributed by atoms with van der Waals surface area (Å²) >= 11 is 0. The zero-order valence-corrected chi connectivity index (χ0v) is 15.6. The number of nitrogens with zero attached hydrogens (tertiary/aromatic N) is 4. The number of hydrogen-bond acceptors (Lipinski definition) is 6. The monoisotopic (exact) mass is 353 g/mol. The van der Waals surface area contributed by atoms with E-state index in [-0.39, 0.29) is 0 Å². The molecule has 1 aliphatic heterocycles. The van der Waals surface area contributed by atoms with Crippen LogP contribution in [0.3, 0.4) is 0 Å². The van der Waals surface area contributed by atoms with E-state index in [0.29, 0.717) is 36.1 Å². The molecule has 0 atom stereocenters. The number of fused-ring (bicyclic) bond motifs is 1. The lowest BCUT2D eigenvalue weighted by Gasteiger charge is -2.36. The fourth-order valence-corrected chi connectivity index (χ4v) is 4.80. The molecule has 0 aliphatic carbocycles. The Bertz CT molecular complexity index is 772. The molecule has 0 spiro atoms. The Labute approximate surface area is 144 Å². The molecule has 1 fully saturated rings. The third-order valence-electron chi connectivity index (χ3n) is 4.58. The maximum Gasteiger partial charge on any atom is 0.151 e. The predicted octanol–water partition coefficient (Wildman–Crippen LogP) is 3.16. The molecule has 0 saturated carbocycles. The van der Waals surface area contributed by atoms with Crippen LogP contribution >= 0.6 is 10.8 Å². The summed E-state index contributed by atoms with van der Waals surface area (Å²) in [6.45, 7) is 10.2. The number of rotatable bonds is 4. The Balaban J connectivity index is 2.13. The lowest BCUT2D eigenvalue weighted by Crippen LogP contribution is -2.24. The Morgan fingerprint density at radius 3 is 2.54 bits per heavy atom. The summed E-state index contributed by atoms with van der Waals surface area (Å²) in [4.78, 5) is 9.11. The molecule has 0 aromatic carbocycles. The Morgan fingerprint density at radius 2 is 1.96 bits per heavy atom. The van der Waals surface area contributed by atoms with Gasteiger partial charge in [0, 0.05) is 18.8 Å². The number of anilines is 1. The number of nitrogens with two attached hydrogens (primary N) is 1. The Morgan fingerprint density at radius 1 is 1.25 bits per heavy atom. The van der Waals surface area contributed by atoms with Crippen LogP contribution in [-0.2, 0) is 13.1 Å². The maximum atomic E-state index is 10.2. The van der Waals surface area contributed by atoms with E-state index in [2.05, 4.69) is 23.4 Å². The fourth-order valence-electron chi connectivity index (χ4n) is 3.28. The first-order chi connectivity index (χ1) is 11.2. The Hall–Kier alpha value is -1.35. The van der Waals surface area contributed by atoms with Gasteiger partial charge in [-0.1, -0.05) is 13.8 Å². The minimum Gasteiger partial charge on any atom is -0.382 e. The number of aryl methyl sites for hydroxylation is 2. The van der Waals surface area contributed by atoms with Crippen molar-refractivity contribution in [2.75, 3.05) is 18.0 Å². The van der Waals surface area contributed by atoms with Crippen LogP contribution in [0, 0.1) is 19.8 Å². The van der Waals surface area contributed by atoms with Crippen LogP contribution in [-0.4, -0.2) is 40.2 Å². The standard InChI is InChI=1S/C16H27N5O2S/c1-10(2)8-21-13(9-20-6-5-7-24(20,22)23)19-14-15(21)11(3)12(4)18-16(14)17/h10,22-23H,5-9H2,1-4H3,(H2,17,18). The molecule has 4 N–H and O–H groups in total. The van der Waals surface area contributed by atoms with Gasteiger partial charge in [0.15, 0.2) is 5.82 Å². The topological polar surface area (TPSA) is 100 Å². The van der Waals surface area contributed by atoms with Crippen LogP contribution < -0.4 is 5.73 Å². The van der Waals surface area contributed by atoms with Crippen LogP contribution in [0.2, 0.25) is 0 Å². The second kappa shape index (κ2) is 6.18. The van der Waals surface area contributed by atoms with Gasteiger partial charge in [0.1, 0.15) is 11.3 Å². The molecule has 2 aromatic heterocycles. The largest absolute Gasteiger partial charge is 0.382 e. The van der Waals surface area contributed by atoms with Crippen molar-refractivity contribution in [3.8, 4) is 0 Å². The number of pyridine rings is 1. The summed E-state index contributed by atoms with van der Waals surface area (Å²) in [6, 6.07) is 0. The smallest absolute Gasteiger partial charge is 0.151 e. The molecule has 3 heterocycles. The zero-order valence-electron chi connectivity index (χ0n) is 14.8. The number of aromatic nitrogens is 3. The second-order valence-corrected chi connectivity index (χ2v) is 9.18. The molecule has 0 amide bonds. The highest BCUT2D eigenvalue weighted by atomic mass is 32.3. The van der Waals surface area contributed by atoms with E-state index in [1.807, 2.05) is 13.8 Å². The molecule has 3 rings (SSSR count). The van der Waals surface area contributed by atoms with Crippen LogP contribution in [0.25, 0.3) is 11.0 Å². The van der Waals surface area contributed by atoms with Crippen LogP contribution in [0.4, 0.5) is 5.82 Å².